The standard InChI is InChI=1S/C26H29N3O/c1-19-14-15-23-25(28-30-3)22-12-7-8-13-24(22)29(26(23)20(19)2)17-9-16-27-18-21-10-5-4-6-11-21/h4-8,10-15,27H,9,16-18H2,1-3H3/b28-25-. The average molecular weight is 400 g/mol. The highest BCUT2D eigenvalue weighted by Gasteiger charge is 2.13. The molecule has 0 saturated carbocycles. The van der Waals surface area contributed by atoms with Gasteiger partial charge in [0.2, 0.25) is 0 Å². The van der Waals surface area contributed by atoms with Crippen molar-refractivity contribution in [1.29, 1.82) is 0 Å². The van der Waals surface area contributed by atoms with Gasteiger partial charge in [-0.1, -0.05) is 65.8 Å². The first kappa shape index (κ1) is 20.2. The Labute approximate surface area is 177 Å². The number of fused-ring (bicyclic) bond motifs is 2. The van der Waals surface area contributed by atoms with Gasteiger partial charge in [0.25, 0.3) is 0 Å². The third-order valence-corrected chi connectivity index (χ3v) is 5.77. The van der Waals surface area contributed by atoms with E-state index in [1.807, 2.05) is 0 Å². The van der Waals surface area contributed by atoms with Crippen LogP contribution in [0.5, 0.6) is 0 Å². The van der Waals surface area contributed by atoms with Gasteiger partial charge in [0, 0.05) is 23.9 Å². The number of benzene rings is 3. The summed E-state index contributed by atoms with van der Waals surface area (Å²) < 4.78 is 2.45. The van der Waals surface area contributed by atoms with Gasteiger partial charge in [-0.3, -0.25) is 0 Å². The molecule has 30 heavy (non-hydrogen) atoms. The smallest absolute Gasteiger partial charge is 0.121 e. The molecule has 4 rings (SSSR count). The molecule has 0 bridgehead atoms. The molecule has 0 fully saturated rings. The highest BCUT2D eigenvalue weighted by molar-refractivity contribution is 5.95. The summed E-state index contributed by atoms with van der Waals surface area (Å²) in [6, 6.07) is 23.4. The fraction of sp³-hybridized carbons (Fsp3) is 0.269. The van der Waals surface area contributed by atoms with E-state index in [0.29, 0.717) is 0 Å². The molecule has 0 spiro atoms. The molecule has 154 valence electrons. The summed E-state index contributed by atoms with van der Waals surface area (Å²) in [6.45, 7) is 7.18. The Hall–Kier alpha value is -3.11. The number of hydrogen-bond acceptors (Lipinski definition) is 3. The molecule has 4 heteroatoms. The van der Waals surface area contributed by atoms with E-state index in [1.54, 1.807) is 7.11 Å². The van der Waals surface area contributed by atoms with E-state index < -0.39 is 0 Å². The number of pyridine rings is 1. The second-order valence-electron chi connectivity index (χ2n) is 7.71. The van der Waals surface area contributed by atoms with Crippen LogP contribution in [0.3, 0.4) is 0 Å². The largest absolute Gasteiger partial charge is 0.399 e. The lowest BCUT2D eigenvalue weighted by Gasteiger charge is -2.19. The van der Waals surface area contributed by atoms with Crippen LogP contribution in [-0.4, -0.2) is 18.2 Å². The minimum atomic E-state index is 0.900. The van der Waals surface area contributed by atoms with E-state index in [-0.39, 0.29) is 0 Å². The molecule has 0 saturated heterocycles. The molecule has 1 N–H and O–H groups in total. The van der Waals surface area contributed by atoms with Gasteiger partial charge in [-0.05, 0) is 49.6 Å². The maximum Gasteiger partial charge on any atom is 0.121 e. The second kappa shape index (κ2) is 9.14. The SMILES string of the molecule is CO/N=c1/c2ccccc2n(CCCNCc2ccccc2)c2c(C)c(C)ccc12. The monoisotopic (exact) mass is 399 g/mol. The Morgan fingerprint density at radius 2 is 1.67 bits per heavy atom. The third-order valence-electron chi connectivity index (χ3n) is 5.77. The predicted molar refractivity (Wildman–Crippen MR) is 124 cm³/mol. The molecule has 0 amide bonds. The van der Waals surface area contributed by atoms with E-state index in [4.69, 9.17) is 4.84 Å². The maximum absolute atomic E-state index is 5.21. The van der Waals surface area contributed by atoms with Gasteiger partial charge in [0.1, 0.15) is 12.5 Å². The van der Waals surface area contributed by atoms with Crippen molar-refractivity contribution in [2.75, 3.05) is 13.7 Å². The number of aromatic nitrogens is 1. The highest BCUT2D eigenvalue weighted by Crippen LogP contribution is 2.24. The quantitative estimate of drug-likeness (QED) is 0.268. The Bertz CT molecular complexity index is 1230. The lowest BCUT2D eigenvalue weighted by atomic mass is 10.0. The molecule has 1 aromatic heterocycles. The number of rotatable bonds is 7. The van der Waals surface area contributed by atoms with Gasteiger partial charge in [-0.15, -0.1) is 0 Å². The molecule has 0 aliphatic rings. The van der Waals surface area contributed by atoms with Crippen LogP contribution < -0.4 is 10.7 Å². The van der Waals surface area contributed by atoms with Crippen LogP contribution in [-0.2, 0) is 17.9 Å². The van der Waals surface area contributed by atoms with E-state index in [0.717, 1.165) is 42.2 Å². The third kappa shape index (κ3) is 3.96. The molecular formula is C26H29N3O. The summed E-state index contributed by atoms with van der Waals surface area (Å²) in [4.78, 5) is 5.21. The summed E-state index contributed by atoms with van der Waals surface area (Å²) in [7, 11) is 1.61. The zero-order valence-electron chi connectivity index (χ0n) is 18.0. The molecule has 0 aliphatic heterocycles. The summed E-state index contributed by atoms with van der Waals surface area (Å²) in [6.07, 6.45) is 1.05. The zero-order chi connectivity index (χ0) is 20.9. The van der Waals surface area contributed by atoms with E-state index in [9.17, 15) is 0 Å². The minimum Gasteiger partial charge on any atom is -0.399 e. The fourth-order valence-electron chi connectivity index (χ4n) is 4.13. The summed E-state index contributed by atoms with van der Waals surface area (Å²) >= 11 is 0. The molecule has 3 aromatic carbocycles. The van der Waals surface area contributed by atoms with E-state index in [2.05, 4.69) is 95.6 Å². The van der Waals surface area contributed by atoms with Gasteiger partial charge >= 0.3 is 0 Å². The lowest BCUT2D eigenvalue weighted by molar-refractivity contribution is 0.202. The van der Waals surface area contributed by atoms with Crippen molar-refractivity contribution in [1.82, 2.24) is 9.88 Å². The number of hydrogen-bond donors (Lipinski definition) is 1. The second-order valence-corrected chi connectivity index (χ2v) is 7.71. The fourth-order valence-corrected chi connectivity index (χ4v) is 4.13. The van der Waals surface area contributed by atoms with Crippen LogP contribution >= 0.6 is 0 Å². The molecule has 4 nitrogen and oxygen atoms in total. The zero-order valence-corrected chi connectivity index (χ0v) is 18.0. The van der Waals surface area contributed by atoms with Gasteiger partial charge in [-0.2, -0.15) is 0 Å². The molecule has 0 radical (unpaired) electrons. The normalized spacial score (nSPS) is 12.0. The highest BCUT2D eigenvalue weighted by atomic mass is 16.6. The first-order valence-corrected chi connectivity index (χ1v) is 10.5. The van der Waals surface area contributed by atoms with Crippen molar-refractivity contribution in [2.45, 2.75) is 33.4 Å². The number of aryl methyl sites for hydroxylation is 3. The van der Waals surface area contributed by atoms with Crippen LogP contribution in [0.25, 0.3) is 21.8 Å². The van der Waals surface area contributed by atoms with Crippen LogP contribution in [0.4, 0.5) is 0 Å². The van der Waals surface area contributed by atoms with Crippen molar-refractivity contribution in [3.63, 3.8) is 0 Å². The Balaban J connectivity index is 1.70. The van der Waals surface area contributed by atoms with Crippen molar-refractivity contribution >= 4 is 21.8 Å². The Kier molecular flexibility index (Phi) is 6.15. The van der Waals surface area contributed by atoms with Gasteiger partial charge in [-0.25, -0.2) is 0 Å². The van der Waals surface area contributed by atoms with Gasteiger partial charge < -0.3 is 14.7 Å². The summed E-state index contributed by atoms with van der Waals surface area (Å²) in [5.41, 5.74) is 6.34. The van der Waals surface area contributed by atoms with Crippen molar-refractivity contribution in [3.8, 4) is 0 Å². The van der Waals surface area contributed by atoms with Crippen LogP contribution in [0.2, 0.25) is 0 Å². The van der Waals surface area contributed by atoms with Crippen LogP contribution in [0, 0.1) is 13.8 Å². The Morgan fingerprint density at radius 3 is 2.47 bits per heavy atom. The number of nitrogens with one attached hydrogen (secondary N) is 1. The maximum atomic E-state index is 5.21. The number of nitrogens with zero attached hydrogens (tertiary/aromatic N) is 2. The van der Waals surface area contributed by atoms with Gasteiger partial charge in [0.15, 0.2) is 0 Å². The van der Waals surface area contributed by atoms with Crippen molar-refractivity contribution < 1.29 is 4.84 Å². The first-order valence-electron chi connectivity index (χ1n) is 10.5. The van der Waals surface area contributed by atoms with E-state index in [1.165, 1.54) is 27.7 Å². The lowest BCUT2D eigenvalue weighted by Crippen LogP contribution is -2.19. The molecule has 4 aromatic rings. The molecule has 0 aliphatic carbocycles. The topological polar surface area (TPSA) is 38.5 Å². The molecule has 1 heterocycles. The van der Waals surface area contributed by atoms with E-state index >= 15 is 0 Å². The number of para-hydroxylation sites is 1. The Morgan fingerprint density at radius 1 is 0.900 bits per heavy atom. The minimum absolute atomic E-state index is 0.900. The molecular weight excluding hydrogens is 370 g/mol. The summed E-state index contributed by atoms with van der Waals surface area (Å²) in [5.74, 6) is 0. The molecule has 0 atom stereocenters. The first-order chi connectivity index (χ1) is 14.7. The van der Waals surface area contributed by atoms with Crippen LogP contribution in [0.15, 0.2) is 71.9 Å². The summed E-state index contributed by atoms with van der Waals surface area (Å²) in [5, 5.41) is 11.1. The van der Waals surface area contributed by atoms with Crippen LogP contribution in [0.1, 0.15) is 23.1 Å². The molecule has 0 unspecified atom stereocenters. The van der Waals surface area contributed by atoms with Crippen molar-refractivity contribution in [2.24, 2.45) is 5.16 Å². The van der Waals surface area contributed by atoms with Crippen molar-refractivity contribution in [3.05, 3.63) is 88.8 Å². The predicted octanol–water partition coefficient (Wildman–Crippen LogP) is 5.05. The van der Waals surface area contributed by atoms with Gasteiger partial charge in [0.05, 0.1) is 11.0 Å². The average Bonchev–Trinajstić information content (AvgIpc) is 2.78.